The Bertz CT molecular complexity index is 569. The number of benzene rings is 1. The molecule has 0 heterocycles. The molecule has 1 aromatic rings. The summed E-state index contributed by atoms with van der Waals surface area (Å²) in [6.45, 7) is 1.99. The van der Waals surface area contributed by atoms with Gasteiger partial charge in [-0.3, -0.25) is 10.1 Å². The van der Waals surface area contributed by atoms with Crippen LogP contribution < -0.4 is 5.73 Å². The molecule has 0 aromatic heterocycles. The lowest BCUT2D eigenvalue weighted by Gasteiger charge is -2.11. The summed E-state index contributed by atoms with van der Waals surface area (Å²) in [7, 11) is -3.45. The van der Waals surface area contributed by atoms with Crippen molar-refractivity contribution in [3.05, 3.63) is 33.9 Å². The molecule has 1 rings (SSSR count). The molecule has 0 spiro atoms. The predicted octanol–water partition coefficient (Wildman–Crippen LogP) is 1.67. The summed E-state index contributed by atoms with van der Waals surface area (Å²) in [4.78, 5) is 10.4. The van der Waals surface area contributed by atoms with Crippen LogP contribution in [0.25, 0.3) is 0 Å². The first-order chi connectivity index (χ1) is 8.75. The number of nitro benzene ring substituents is 1. The third kappa shape index (κ3) is 4.29. The van der Waals surface area contributed by atoms with Crippen molar-refractivity contribution < 1.29 is 13.3 Å². The molecule has 0 aliphatic rings. The van der Waals surface area contributed by atoms with E-state index < -0.39 is 14.8 Å². The van der Waals surface area contributed by atoms with Crippen LogP contribution in [0.15, 0.2) is 23.1 Å². The fourth-order valence-corrected chi connectivity index (χ4v) is 2.51. The van der Waals surface area contributed by atoms with Crippen molar-refractivity contribution in [1.29, 1.82) is 0 Å². The van der Waals surface area contributed by atoms with Crippen LogP contribution in [0.2, 0.25) is 0 Å². The lowest BCUT2D eigenvalue weighted by atomic mass is 10.0. The second kappa shape index (κ2) is 6.12. The Kier molecular flexibility index (Phi) is 5.02. The zero-order chi connectivity index (χ0) is 14.6. The molecule has 1 aromatic carbocycles. The van der Waals surface area contributed by atoms with Crippen molar-refractivity contribution in [2.45, 2.75) is 37.1 Å². The smallest absolute Gasteiger partial charge is 0.273 e. The Morgan fingerprint density at radius 3 is 2.53 bits per heavy atom. The van der Waals surface area contributed by atoms with Crippen LogP contribution in [0, 0.1) is 10.1 Å². The van der Waals surface area contributed by atoms with E-state index in [4.69, 9.17) is 5.73 Å². The van der Waals surface area contributed by atoms with Gasteiger partial charge in [-0.15, -0.1) is 0 Å². The Morgan fingerprint density at radius 1 is 1.42 bits per heavy atom. The van der Waals surface area contributed by atoms with Gasteiger partial charge >= 0.3 is 0 Å². The molecule has 6 nitrogen and oxygen atoms in total. The van der Waals surface area contributed by atoms with E-state index >= 15 is 0 Å². The molecule has 0 fully saturated rings. The minimum Gasteiger partial charge on any atom is -0.327 e. The molecule has 0 amide bonds. The zero-order valence-electron chi connectivity index (χ0n) is 11.0. The molecule has 1 unspecified atom stereocenters. The highest BCUT2D eigenvalue weighted by Gasteiger charge is 2.19. The highest BCUT2D eigenvalue weighted by atomic mass is 32.2. The van der Waals surface area contributed by atoms with Gasteiger partial charge in [0, 0.05) is 23.9 Å². The standard InChI is InChI=1S/C12H18N2O4S/c1-3-4-10(13)7-9-5-6-11(19(2,17)18)8-12(9)14(15)16/h5-6,8,10H,3-4,7,13H2,1-2H3. The number of nitrogens with zero attached hydrogens (tertiary/aromatic N) is 1. The Labute approximate surface area is 112 Å². The summed E-state index contributed by atoms with van der Waals surface area (Å²) >= 11 is 0. The molecule has 2 N–H and O–H groups in total. The van der Waals surface area contributed by atoms with Gasteiger partial charge in [0.2, 0.25) is 0 Å². The Morgan fingerprint density at radius 2 is 2.05 bits per heavy atom. The average molecular weight is 286 g/mol. The van der Waals surface area contributed by atoms with E-state index in [0.29, 0.717) is 12.0 Å². The second-order valence-electron chi connectivity index (χ2n) is 4.57. The van der Waals surface area contributed by atoms with E-state index in [1.165, 1.54) is 12.1 Å². The molecule has 7 heteroatoms. The minimum atomic E-state index is -3.45. The van der Waals surface area contributed by atoms with Crippen LogP contribution in [-0.2, 0) is 16.3 Å². The molecule has 1 atom stereocenters. The Hall–Kier alpha value is -1.47. The van der Waals surface area contributed by atoms with E-state index in [1.807, 2.05) is 6.92 Å². The number of nitro groups is 1. The fourth-order valence-electron chi connectivity index (χ4n) is 1.87. The van der Waals surface area contributed by atoms with Gasteiger partial charge in [0.15, 0.2) is 9.84 Å². The largest absolute Gasteiger partial charge is 0.327 e. The zero-order valence-corrected chi connectivity index (χ0v) is 11.8. The predicted molar refractivity (Wildman–Crippen MR) is 72.8 cm³/mol. The van der Waals surface area contributed by atoms with Gasteiger partial charge in [-0.25, -0.2) is 8.42 Å². The molecular formula is C12H18N2O4S. The van der Waals surface area contributed by atoms with Gasteiger partial charge in [-0.1, -0.05) is 19.4 Å². The van der Waals surface area contributed by atoms with E-state index in [-0.39, 0.29) is 16.6 Å². The summed E-state index contributed by atoms with van der Waals surface area (Å²) in [5.74, 6) is 0. The molecule has 0 bridgehead atoms. The van der Waals surface area contributed by atoms with Crippen molar-refractivity contribution in [2.75, 3.05) is 6.26 Å². The van der Waals surface area contributed by atoms with Crippen molar-refractivity contribution in [1.82, 2.24) is 0 Å². The fraction of sp³-hybridized carbons (Fsp3) is 0.500. The molecule has 0 radical (unpaired) electrons. The van der Waals surface area contributed by atoms with Crippen LogP contribution in [0.1, 0.15) is 25.3 Å². The van der Waals surface area contributed by atoms with Crippen molar-refractivity contribution in [3.8, 4) is 0 Å². The Balaban J connectivity index is 3.16. The lowest BCUT2D eigenvalue weighted by molar-refractivity contribution is -0.385. The number of hydrogen-bond acceptors (Lipinski definition) is 5. The molecule has 0 aliphatic heterocycles. The molecule has 0 saturated carbocycles. The summed E-state index contributed by atoms with van der Waals surface area (Å²) < 4.78 is 22.8. The molecule has 0 saturated heterocycles. The third-order valence-corrected chi connectivity index (χ3v) is 3.93. The van der Waals surface area contributed by atoms with Crippen LogP contribution in [-0.4, -0.2) is 25.6 Å². The number of rotatable bonds is 6. The van der Waals surface area contributed by atoms with Gasteiger partial charge < -0.3 is 5.73 Å². The van der Waals surface area contributed by atoms with Gasteiger partial charge in [-0.05, 0) is 18.9 Å². The first kappa shape index (κ1) is 15.6. The minimum absolute atomic E-state index is 0.0491. The summed E-state index contributed by atoms with van der Waals surface area (Å²) in [5.41, 5.74) is 6.15. The van der Waals surface area contributed by atoms with Crippen molar-refractivity contribution >= 4 is 15.5 Å². The van der Waals surface area contributed by atoms with Crippen LogP contribution in [0.4, 0.5) is 5.69 Å². The maximum atomic E-state index is 11.4. The topological polar surface area (TPSA) is 103 Å². The summed E-state index contributed by atoms with van der Waals surface area (Å²) in [6, 6.07) is 3.80. The summed E-state index contributed by atoms with van der Waals surface area (Å²) in [5, 5.41) is 11.0. The van der Waals surface area contributed by atoms with Crippen molar-refractivity contribution in [2.24, 2.45) is 5.73 Å². The monoisotopic (exact) mass is 286 g/mol. The van der Waals surface area contributed by atoms with E-state index in [9.17, 15) is 18.5 Å². The maximum absolute atomic E-state index is 11.4. The van der Waals surface area contributed by atoms with Crippen molar-refractivity contribution in [3.63, 3.8) is 0 Å². The normalized spacial score (nSPS) is 13.2. The van der Waals surface area contributed by atoms with Gasteiger partial charge in [0.1, 0.15) is 0 Å². The second-order valence-corrected chi connectivity index (χ2v) is 6.59. The van der Waals surface area contributed by atoms with Crippen LogP contribution in [0.5, 0.6) is 0 Å². The average Bonchev–Trinajstić information content (AvgIpc) is 2.27. The van der Waals surface area contributed by atoms with Gasteiger partial charge in [0.05, 0.1) is 9.82 Å². The quantitative estimate of drug-likeness (QED) is 0.632. The molecule has 106 valence electrons. The van der Waals surface area contributed by atoms with Gasteiger partial charge in [-0.2, -0.15) is 0 Å². The van der Waals surface area contributed by atoms with E-state index in [1.54, 1.807) is 0 Å². The highest BCUT2D eigenvalue weighted by molar-refractivity contribution is 7.90. The molecular weight excluding hydrogens is 268 g/mol. The number of hydrogen-bond donors (Lipinski definition) is 1. The molecule has 19 heavy (non-hydrogen) atoms. The number of sulfone groups is 1. The van der Waals surface area contributed by atoms with Crippen LogP contribution in [0.3, 0.4) is 0 Å². The van der Waals surface area contributed by atoms with E-state index in [0.717, 1.165) is 25.2 Å². The lowest BCUT2D eigenvalue weighted by Crippen LogP contribution is -2.22. The first-order valence-corrected chi connectivity index (χ1v) is 7.87. The first-order valence-electron chi connectivity index (χ1n) is 5.98. The third-order valence-electron chi connectivity index (χ3n) is 2.82. The van der Waals surface area contributed by atoms with Gasteiger partial charge in [0.25, 0.3) is 5.69 Å². The highest BCUT2D eigenvalue weighted by Crippen LogP contribution is 2.24. The SMILES string of the molecule is CCCC(N)Cc1ccc(S(C)(=O)=O)cc1[N+](=O)[O-]. The van der Waals surface area contributed by atoms with Crippen LogP contribution >= 0.6 is 0 Å². The molecule has 0 aliphatic carbocycles. The summed E-state index contributed by atoms with van der Waals surface area (Å²) in [6.07, 6.45) is 3.06. The number of nitrogens with two attached hydrogens (primary N) is 1. The maximum Gasteiger partial charge on any atom is 0.273 e. The van der Waals surface area contributed by atoms with E-state index in [2.05, 4.69) is 0 Å².